The Kier molecular flexibility index (Phi) is 13.5. The summed E-state index contributed by atoms with van der Waals surface area (Å²) in [4.78, 5) is 11.9. The number of hydrogen-bond donors (Lipinski definition) is 2. The summed E-state index contributed by atoms with van der Waals surface area (Å²) in [6.45, 7) is 4.73. The zero-order valence-corrected chi connectivity index (χ0v) is 16.2. The van der Waals surface area contributed by atoms with Gasteiger partial charge in [0.1, 0.15) is 5.75 Å². The highest BCUT2D eigenvalue weighted by atomic mass is 16.5. The second kappa shape index (κ2) is 15.6. The van der Waals surface area contributed by atoms with Crippen molar-refractivity contribution >= 4 is 5.97 Å². The standard InChI is InChI=1S/C21H35NO4/c1-2-3-4-5-6-7-8-17-25-20-12-10-19(11-13-20)21(24)26-18-9-14-22-15-16-23/h10-13,22-23H,2-9,14-18H2,1H3. The van der Waals surface area contributed by atoms with Crippen LogP contribution in [0.15, 0.2) is 24.3 Å². The number of unbranched alkanes of at least 4 members (excludes halogenated alkanes) is 6. The van der Waals surface area contributed by atoms with Gasteiger partial charge in [0.05, 0.1) is 25.4 Å². The molecule has 0 radical (unpaired) electrons. The molecule has 0 aliphatic carbocycles. The lowest BCUT2D eigenvalue weighted by Crippen LogP contribution is -2.21. The zero-order valence-electron chi connectivity index (χ0n) is 16.2. The monoisotopic (exact) mass is 365 g/mol. The molecule has 0 amide bonds. The minimum atomic E-state index is -0.314. The maximum Gasteiger partial charge on any atom is 0.338 e. The van der Waals surface area contributed by atoms with Crippen LogP contribution in [0.3, 0.4) is 0 Å². The molecule has 0 bridgehead atoms. The molecule has 148 valence electrons. The van der Waals surface area contributed by atoms with Crippen LogP contribution in [0, 0.1) is 0 Å². The lowest BCUT2D eigenvalue weighted by atomic mass is 10.1. The summed E-state index contributed by atoms with van der Waals surface area (Å²) in [6.07, 6.45) is 9.58. The predicted octanol–water partition coefficient (Wildman–Crippen LogP) is 3.94. The van der Waals surface area contributed by atoms with E-state index in [1.54, 1.807) is 12.1 Å². The molecule has 1 aromatic carbocycles. The van der Waals surface area contributed by atoms with Crippen molar-refractivity contribution < 1.29 is 19.4 Å². The Morgan fingerprint density at radius 3 is 2.31 bits per heavy atom. The fourth-order valence-electron chi connectivity index (χ4n) is 2.59. The number of ether oxygens (including phenoxy) is 2. The van der Waals surface area contributed by atoms with Gasteiger partial charge in [0, 0.05) is 6.54 Å². The maximum absolute atomic E-state index is 11.9. The Morgan fingerprint density at radius 2 is 1.62 bits per heavy atom. The van der Waals surface area contributed by atoms with Crippen LogP contribution >= 0.6 is 0 Å². The van der Waals surface area contributed by atoms with Crippen LogP contribution in [-0.2, 0) is 4.74 Å². The van der Waals surface area contributed by atoms with Gasteiger partial charge in [-0.05, 0) is 43.7 Å². The molecular weight excluding hydrogens is 330 g/mol. The first-order chi connectivity index (χ1) is 12.8. The van der Waals surface area contributed by atoms with Gasteiger partial charge in [0.15, 0.2) is 0 Å². The number of esters is 1. The third-order valence-electron chi connectivity index (χ3n) is 4.13. The van der Waals surface area contributed by atoms with Crippen LogP contribution in [0.5, 0.6) is 5.75 Å². The topological polar surface area (TPSA) is 67.8 Å². The van der Waals surface area contributed by atoms with Crippen LogP contribution in [0.25, 0.3) is 0 Å². The minimum absolute atomic E-state index is 0.118. The number of rotatable bonds is 16. The quantitative estimate of drug-likeness (QED) is 0.343. The smallest absolute Gasteiger partial charge is 0.338 e. The van der Waals surface area contributed by atoms with Crippen LogP contribution in [0.4, 0.5) is 0 Å². The van der Waals surface area contributed by atoms with Crippen molar-refractivity contribution in [2.45, 2.75) is 58.3 Å². The molecule has 0 aliphatic rings. The molecule has 1 aromatic rings. The molecule has 0 saturated carbocycles. The first-order valence-electron chi connectivity index (χ1n) is 9.99. The van der Waals surface area contributed by atoms with Crippen LogP contribution < -0.4 is 10.1 Å². The van der Waals surface area contributed by atoms with Crippen molar-refractivity contribution in [2.24, 2.45) is 0 Å². The average Bonchev–Trinajstić information content (AvgIpc) is 2.67. The molecule has 2 N–H and O–H groups in total. The van der Waals surface area contributed by atoms with E-state index in [-0.39, 0.29) is 12.6 Å². The van der Waals surface area contributed by atoms with Gasteiger partial charge in [-0.25, -0.2) is 4.79 Å². The van der Waals surface area contributed by atoms with Crippen molar-refractivity contribution in [1.29, 1.82) is 0 Å². The van der Waals surface area contributed by atoms with E-state index < -0.39 is 0 Å². The van der Waals surface area contributed by atoms with E-state index in [2.05, 4.69) is 12.2 Å². The van der Waals surface area contributed by atoms with E-state index >= 15 is 0 Å². The first-order valence-corrected chi connectivity index (χ1v) is 9.99. The molecule has 0 saturated heterocycles. The summed E-state index contributed by atoms with van der Waals surface area (Å²) in [7, 11) is 0. The summed E-state index contributed by atoms with van der Waals surface area (Å²) in [6, 6.07) is 7.13. The second-order valence-electron chi connectivity index (χ2n) is 6.46. The Bertz CT molecular complexity index is 462. The molecule has 0 spiro atoms. The number of aliphatic hydroxyl groups excluding tert-OH is 1. The fraction of sp³-hybridized carbons (Fsp3) is 0.667. The van der Waals surface area contributed by atoms with E-state index in [4.69, 9.17) is 14.6 Å². The van der Waals surface area contributed by atoms with Gasteiger partial charge in [-0.1, -0.05) is 45.4 Å². The number of hydrogen-bond acceptors (Lipinski definition) is 5. The largest absolute Gasteiger partial charge is 0.494 e. The normalized spacial score (nSPS) is 10.7. The molecule has 0 aliphatic heterocycles. The predicted molar refractivity (Wildman–Crippen MR) is 105 cm³/mol. The molecule has 26 heavy (non-hydrogen) atoms. The molecule has 5 nitrogen and oxygen atoms in total. The Hall–Kier alpha value is -1.59. The van der Waals surface area contributed by atoms with Crippen LogP contribution in [0.1, 0.15) is 68.6 Å². The molecule has 0 unspecified atom stereocenters. The number of benzene rings is 1. The molecule has 5 heteroatoms. The summed E-state index contributed by atoms with van der Waals surface area (Å²) in [5, 5.41) is 11.7. The van der Waals surface area contributed by atoms with E-state index in [1.165, 1.54) is 38.5 Å². The van der Waals surface area contributed by atoms with Gasteiger partial charge in [0.2, 0.25) is 0 Å². The maximum atomic E-state index is 11.9. The summed E-state index contributed by atoms with van der Waals surface area (Å²) < 4.78 is 10.9. The third kappa shape index (κ3) is 11.1. The van der Waals surface area contributed by atoms with Gasteiger partial charge in [0.25, 0.3) is 0 Å². The number of aliphatic hydroxyl groups is 1. The van der Waals surface area contributed by atoms with Crippen molar-refractivity contribution in [3.05, 3.63) is 29.8 Å². The second-order valence-corrected chi connectivity index (χ2v) is 6.46. The fourth-order valence-corrected chi connectivity index (χ4v) is 2.59. The van der Waals surface area contributed by atoms with Crippen LogP contribution in [-0.4, -0.2) is 44.0 Å². The van der Waals surface area contributed by atoms with Crippen molar-refractivity contribution in [2.75, 3.05) is 32.9 Å². The minimum Gasteiger partial charge on any atom is -0.494 e. The Labute approximate surface area is 158 Å². The summed E-state index contributed by atoms with van der Waals surface area (Å²) >= 11 is 0. The van der Waals surface area contributed by atoms with Gasteiger partial charge in [-0.15, -0.1) is 0 Å². The summed E-state index contributed by atoms with van der Waals surface area (Å²) in [5.74, 6) is 0.478. The van der Waals surface area contributed by atoms with Crippen molar-refractivity contribution in [1.82, 2.24) is 5.32 Å². The van der Waals surface area contributed by atoms with E-state index in [0.717, 1.165) is 31.7 Å². The van der Waals surface area contributed by atoms with Gasteiger partial charge >= 0.3 is 5.97 Å². The highest BCUT2D eigenvalue weighted by Gasteiger charge is 2.07. The third-order valence-corrected chi connectivity index (χ3v) is 4.13. The molecule has 0 aromatic heterocycles. The molecule has 0 fully saturated rings. The van der Waals surface area contributed by atoms with Gasteiger partial charge in [-0.3, -0.25) is 0 Å². The van der Waals surface area contributed by atoms with Gasteiger partial charge < -0.3 is 19.9 Å². The van der Waals surface area contributed by atoms with Crippen LogP contribution in [0.2, 0.25) is 0 Å². The molecule has 0 heterocycles. The number of carbonyl (C=O) groups excluding carboxylic acids is 1. The van der Waals surface area contributed by atoms with E-state index in [1.807, 2.05) is 12.1 Å². The van der Waals surface area contributed by atoms with Gasteiger partial charge in [-0.2, -0.15) is 0 Å². The van der Waals surface area contributed by atoms with Crippen molar-refractivity contribution in [3.63, 3.8) is 0 Å². The first kappa shape index (κ1) is 22.5. The highest BCUT2D eigenvalue weighted by Crippen LogP contribution is 2.14. The molecule has 1 rings (SSSR count). The summed E-state index contributed by atoms with van der Waals surface area (Å²) in [5.41, 5.74) is 0.539. The van der Waals surface area contributed by atoms with Crippen molar-refractivity contribution in [3.8, 4) is 5.75 Å². The molecular formula is C21H35NO4. The number of carbonyl (C=O) groups is 1. The Balaban J connectivity index is 2.11. The molecule has 0 atom stereocenters. The SMILES string of the molecule is CCCCCCCCCOc1ccc(C(=O)OCCCNCCO)cc1. The average molecular weight is 366 g/mol. The van der Waals surface area contributed by atoms with E-state index in [0.29, 0.717) is 18.7 Å². The van der Waals surface area contributed by atoms with E-state index in [9.17, 15) is 4.79 Å². The zero-order chi connectivity index (χ0) is 18.9. The Morgan fingerprint density at radius 1 is 0.923 bits per heavy atom. The lowest BCUT2D eigenvalue weighted by molar-refractivity contribution is 0.0500. The lowest BCUT2D eigenvalue weighted by Gasteiger charge is -2.08. The number of nitrogens with one attached hydrogen (secondary N) is 1. The highest BCUT2D eigenvalue weighted by molar-refractivity contribution is 5.89.